The lowest BCUT2D eigenvalue weighted by atomic mass is 9.97. The van der Waals surface area contributed by atoms with Crippen molar-refractivity contribution in [2.45, 2.75) is 46.0 Å². The molecule has 0 saturated carbocycles. The summed E-state index contributed by atoms with van der Waals surface area (Å²) >= 11 is 0. The lowest BCUT2D eigenvalue weighted by molar-refractivity contribution is 0.139. The Bertz CT molecular complexity index is 328. The third-order valence-electron chi connectivity index (χ3n) is 3.62. The Hall–Kier alpha value is -1.18. The molecular weight excluding hydrogens is 236 g/mol. The summed E-state index contributed by atoms with van der Waals surface area (Å²) in [6.07, 6.45) is 12.7. The first-order chi connectivity index (χ1) is 9.21. The average Bonchev–Trinajstić information content (AvgIpc) is 2.47. The Morgan fingerprint density at radius 2 is 2.32 bits per heavy atom. The van der Waals surface area contributed by atoms with Crippen molar-refractivity contribution in [2.75, 3.05) is 13.7 Å². The third kappa shape index (κ3) is 5.54. The summed E-state index contributed by atoms with van der Waals surface area (Å²) < 4.78 is 11.0. The predicted octanol–water partition coefficient (Wildman–Crippen LogP) is 4.45. The van der Waals surface area contributed by atoms with Crippen LogP contribution in [0.5, 0.6) is 0 Å². The van der Waals surface area contributed by atoms with Crippen LogP contribution in [-0.4, -0.2) is 13.7 Å². The molecule has 1 aliphatic rings. The molecule has 0 aromatic carbocycles. The van der Waals surface area contributed by atoms with Crippen LogP contribution >= 0.6 is 0 Å². The molecule has 0 saturated heterocycles. The van der Waals surface area contributed by atoms with Gasteiger partial charge >= 0.3 is 0 Å². The molecule has 0 fully saturated rings. The molecule has 0 N–H and O–H groups in total. The fourth-order valence-electron chi connectivity index (χ4n) is 2.15. The van der Waals surface area contributed by atoms with Gasteiger partial charge in [-0.15, -0.1) is 0 Å². The molecule has 2 unspecified atom stereocenters. The van der Waals surface area contributed by atoms with E-state index in [1.165, 1.54) is 25.7 Å². The zero-order chi connectivity index (χ0) is 14.1. The molecular formula is C17H26O2. The maximum absolute atomic E-state index is 5.89. The van der Waals surface area contributed by atoms with E-state index in [0.29, 0.717) is 11.7 Å². The summed E-state index contributed by atoms with van der Waals surface area (Å²) in [6, 6.07) is 0. The van der Waals surface area contributed by atoms with E-state index in [-0.39, 0.29) is 5.92 Å². The van der Waals surface area contributed by atoms with Crippen LogP contribution in [0.1, 0.15) is 46.0 Å². The number of rotatable bonds is 9. The molecule has 0 amide bonds. The smallest absolute Gasteiger partial charge is 0.105 e. The van der Waals surface area contributed by atoms with Crippen LogP contribution in [-0.2, 0) is 9.47 Å². The van der Waals surface area contributed by atoms with E-state index in [0.717, 1.165) is 18.8 Å². The minimum Gasteiger partial charge on any atom is -0.500 e. The van der Waals surface area contributed by atoms with Crippen molar-refractivity contribution in [2.24, 2.45) is 11.8 Å². The average molecular weight is 262 g/mol. The molecule has 1 aliphatic carbocycles. The fraction of sp³-hybridized carbons (Fsp3) is 0.647. The van der Waals surface area contributed by atoms with Gasteiger partial charge in [-0.3, -0.25) is 0 Å². The monoisotopic (exact) mass is 262 g/mol. The van der Waals surface area contributed by atoms with E-state index in [4.69, 9.17) is 16.1 Å². The second-order valence-corrected chi connectivity index (χ2v) is 5.07. The molecule has 2 nitrogen and oxygen atoms in total. The molecule has 2 radical (unpaired) electrons. The third-order valence-corrected chi connectivity index (χ3v) is 3.62. The van der Waals surface area contributed by atoms with Gasteiger partial charge in [0.05, 0.1) is 13.7 Å². The summed E-state index contributed by atoms with van der Waals surface area (Å²) in [5, 5.41) is 0. The minimum atomic E-state index is 0.108. The van der Waals surface area contributed by atoms with Crippen molar-refractivity contribution in [1.29, 1.82) is 0 Å². The van der Waals surface area contributed by atoms with Crippen molar-refractivity contribution >= 4 is 0 Å². The Morgan fingerprint density at radius 1 is 1.53 bits per heavy atom. The molecule has 0 spiro atoms. The van der Waals surface area contributed by atoms with Gasteiger partial charge < -0.3 is 9.47 Å². The van der Waals surface area contributed by atoms with E-state index >= 15 is 0 Å². The Labute approximate surface area is 118 Å². The lowest BCUT2D eigenvalue weighted by Gasteiger charge is -2.22. The molecule has 0 aromatic rings. The molecule has 1 rings (SSSR count). The van der Waals surface area contributed by atoms with E-state index in [1.54, 1.807) is 7.11 Å². The molecule has 2 heteroatoms. The van der Waals surface area contributed by atoms with Crippen molar-refractivity contribution in [3.05, 3.63) is 36.3 Å². The number of hydrogen-bond donors (Lipinski definition) is 0. The largest absolute Gasteiger partial charge is 0.500 e. The van der Waals surface area contributed by atoms with Crippen LogP contribution in [0.2, 0.25) is 0 Å². The second-order valence-electron chi connectivity index (χ2n) is 5.07. The maximum Gasteiger partial charge on any atom is 0.105 e. The molecule has 0 heterocycles. The summed E-state index contributed by atoms with van der Waals surface area (Å²) in [5.74, 6) is 2.18. The van der Waals surface area contributed by atoms with Gasteiger partial charge in [-0.05, 0) is 18.9 Å². The summed E-state index contributed by atoms with van der Waals surface area (Å²) in [4.78, 5) is 0. The fourth-order valence-corrected chi connectivity index (χ4v) is 2.15. The highest BCUT2D eigenvalue weighted by Crippen LogP contribution is 2.26. The molecule has 106 valence electrons. The predicted molar refractivity (Wildman–Crippen MR) is 78.1 cm³/mol. The highest BCUT2D eigenvalue weighted by Gasteiger charge is 2.17. The van der Waals surface area contributed by atoms with Crippen molar-refractivity contribution < 1.29 is 9.47 Å². The highest BCUT2D eigenvalue weighted by atomic mass is 16.5. The molecule has 2 atom stereocenters. The van der Waals surface area contributed by atoms with Crippen molar-refractivity contribution in [3.63, 3.8) is 0 Å². The zero-order valence-corrected chi connectivity index (χ0v) is 12.4. The first-order valence-electron chi connectivity index (χ1n) is 7.29. The standard InChI is InChI=1S/C17H26O2/c1-5-7-9-15(6-2)13-19-17-11-8-10-16(12-17)14(3)18-4/h3,8,10,15-16H,5-7,9,12-13H2,1-2,4H3. The van der Waals surface area contributed by atoms with E-state index in [9.17, 15) is 0 Å². The van der Waals surface area contributed by atoms with Gasteiger partial charge in [0.25, 0.3) is 0 Å². The van der Waals surface area contributed by atoms with Gasteiger partial charge in [0.2, 0.25) is 0 Å². The molecule has 19 heavy (non-hydrogen) atoms. The normalized spacial score (nSPS) is 19.7. The van der Waals surface area contributed by atoms with Crippen LogP contribution in [0.4, 0.5) is 0 Å². The van der Waals surface area contributed by atoms with Crippen molar-refractivity contribution in [1.82, 2.24) is 0 Å². The molecule has 0 aromatic heterocycles. The van der Waals surface area contributed by atoms with Gasteiger partial charge in [-0.2, -0.15) is 0 Å². The van der Waals surface area contributed by atoms with Crippen molar-refractivity contribution in [3.8, 4) is 0 Å². The quantitative estimate of drug-likeness (QED) is 0.572. The highest BCUT2D eigenvalue weighted by molar-refractivity contribution is 5.16. The number of hydrogen-bond acceptors (Lipinski definition) is 2. The van der Waals surface area contributed by atoms with E-state index in [1.807, 2.05) is 12.2 Å². The van der Waals surface area contributed by atoms with Crippen LogP contribution in [0, 0.1) is 24.5 Å². The van der Waals surface area contributed by atoms with Gasteiger partial charge in [-0.1, -0.05) is 45.3 Å². The summed E-state index contributed by atoms with van der Waals surface area (Å²) in [7, 11) is 1.60. The number of methoxy groups -OCH3 is 1. The number of unbranched alkanes of at least 4 members (excludes halogenated alkanes) is 1. The van der Waals surface area contributed by atoms with Gasteiger partial charge in [0.15, 0.2) is 0 Å². The van der Waals surface area contributed by atoms with Crippen LogP contribution in [0.25, 0.3) is 0 Å². The summed E-state index contributed by atoms with van der Waals surface area (Å²) in [5.41, 5.74) is 0. The van der Waals surface area contributed by atoms with Crippen LogP contribution in [0.3, 0.4) is 0 Å². The van der Waals surface area contributed by atoms with Crippen LogP contribution < -0.4 is 0 Å². The first kappa shape index (κ1) is 15.9. The Morgan fingerprint density at radius 3 is 2.95 bits per heavy atom. The number of allylic oxidation sites excluding steroid dienone is 4. The first-order valence-corrected chi connectivity index (χ1v) is 7.29. The van der Waals surface area contributed by atoms with Crippen LogP contribution in [0.15, 0.2) is 23.7 Å². The Balaban J connectivity index is 2.38. The van der Waals surface area contributed by atoms with E-state index < -0.39 is 0 Å². The van der Waals surface area contributed by atoms with Gasteiger partial charge in [-0.25, -0.2) is 0 Å². The SMILES string of the molecule is [CH]=C(OC)C1C=C[C]=C(OCC(CC)CCCC)C1. The zero-order valence-electron chi connectivity index (χ0n) is 12.4. The molecule has 0 aliphatic heterocycles. The Kier molecular flexibility index (Phi) is 7.39. The lowest BCUT2D eigenvalue weighted by Crippen LogP contribution is -2.13. The topological polar surface area (TPSA) is 18.5 Å². The maximum atomic E-state index is 5.89. The minimum absolute atomic E-state index is 0.108. The number of ether oxygens (including phenoxy) is 2. The molecule has 0 bridgehead atoms. The van der Waals surface area contributed by atoms with Gasteiger partial charge in [0.1, 0.15) is 11.5 Å². The van der Waals surface area contributed by atoms with E-state index in [2.05, 4.69) is 19.9 Å². The van der Waals surface area contributed by atoms with Gasteiger partial charge in [0, 0.05) is 18.4 Å². The summed E-state index contributed by atoms with van der Waals surface area (Å²) in [6.45, 7) is 11.0. The second kappa shape index (κ2) is 8.84.